The first-order chi connectivity index (χ1) is 14.5. The lowest BCUT2D eigenvalue weighted by molar-refractivity contribution is 0.146. The number of ether oxygens (including phenoxy) is 1. The van der Waals surface area contributed by atoms with Gasteiger partial charge in [0, 0.05) is 48.8 Å². The molecule has 6 nitrogen and oxygen atoms in total. The Morgan fingerprint density at radius 1 is 1.10 bits per heavy atom. The molecule has 0 spiro atoms. The average molecular weight is 408 g/mol. The largest absolute Gasteiger partial charge is 0.449 e. The molecule has 0 atom stereocenters. The number of rotatable bonds is 8. The highest BCUT2D eigenvalue weighted by molar-refractivity contribution is 5.84. The molecule has 1 amide bonds. The highest BCUT2D eigenvalue weighted by Gasteiger charge is 2.14. The van der Waals surface area contributed by atoms with E-state index in [0.29, 0.717) is 24.1 Å². The molecule has 0 aliphatic carbocycles. The Hall–Kier alpha value is -3.28. The quantitative estimate of drug-likeness (QED) is 0.559. The summed E-state index contributed by atoms with van der Waals surface area (Å²) in [5, 5.41) is 3.60. The van der Waals surface area contributed by atoms with Crippen LogP contribution in [0.25, 0.3) is 11.0 Å². The van der Waals surface area contributed by atoms with Crippen LogP contribution in [-0.2, 0) is 17.7 Å². The van der Waals surface area contributed by atoms with Gasteiger partial charge in [0.25, 0.3) is 0 Å². The van der Waals surface area contributed by atoms with Crippen LogP contribution in [-0.4, -0.2) is 25.8 Å². The van der Waals surface area contributed by atoms with Crippen LogP contribution in [0.3, 0.4) is 0 Å². The molecule has 0 aliphatic rings. The molecule has 6 heteroatoms. The minimum Gasteiger partial charge on any atom is -0.449 e. The maximum absolute atomic E-state index is 12.5. The Kier molecular flexibility index (Phi) is 7.12. The standard InChI is InChI=1S/C24H28N2O4/c1-4-26(5-2)19-11-12-20-17(3)21(23(27)30-22(20)15-19)13-14-29-24(28)25-16-18-9-7-6-8-10-18/h6-12,15H,4-5,13-14,16H2,1-3H3,(H,25,28). The first-order valence-electron chi connectivity index (χ1n) is 10.3. The molecule has 0 fully saturated rings. The average Bonchev–Trinajstić information content (AvgIpc) is 2.76. The second-order valence-electron chi connectivity index (χ2n) is 7.07. The van der Waals surface area contributed by atoms with E-state index in [1.165, 1.54) is 0 Å². The number of amides is 1. The SMILES string of the molecule is CCN(CC)c1ccc2c(C)c(CCOC(=O)NCc3ccccc3)c(=O)oc2c1. The van der Waals surface area contributed by atoms with Crippen LogP contribution in [0.4, 0.5) is 10.5 Å². The summed E-state index contributed by atoms with van der Waals surface area (Å²) in [4.78, 5) is 26.6. The van der Waals surface area contributed by atoms with Crippen molar-refractivity contribution in [1.29, 1.82) is 0 Å². The molecule has 0 saturated heterocycles. The molecule has 0 unspecified atom stereocenters. The first kappa shape index (κ1) is 21.4. The van der Waals surface area contributed by atoms with Crippen molar-refractivity contribution in [2.45, 2.75) is 33.7 Å². The van der Waals surface area contributed by atoms with Crippen LogP contribution in [0, 0.1) is 6.92 Å². The van der Waals surface area contributed by atoms with Gasteiger partial charge in [0.15, 0.2) is 0 Å². The molecular formula is C24H28N2O4. The summed E-state index contributed by atoms with van der Waals surface area (Å²) in [7, 11) is 0. The lowest BCUT2D eigenvalue weighted by Crippen LogP contribution is -2.25. The predicted molar refractivity (Wildman–Crippen MR) is 119 cm³/mol. The van der Waals surface area contributed by atoms with E-state index in [2.05, 4.69) is 24.1 Å². The fraction of sp³-hybridized carbons (Fsp3) is 0.333. The number of nitrogens with zero attached hydrogens (tertiary/aromatic N) is 1. The second-order valence-corrected chi connectivity index (χ2v) is 7.07. The van der Waals surface area contributed by atoms with Crippen molar-refractivity contribution in [1.82, 2.24) is 5.32 Å². The van der Waals surface area contributed by atoms with E-state index in [1.807, 2.05) is 55.5 Å². The van der Waals surface area contributed by atoms with Gasteiger partial charge in [0.05, 0.1) is 6.61 Å². The van der Waals surface area contributed by atoms with Gasteiger partial charge in [-0.2, -0.15) is 0 Å². The van der Waals surface area contributed by atoms with Crippen LogP contribution in [0.5, 0.6) is 0 Å². The van der Waals surface area contributed by atoms with E-state index in [1.54, 1.807) is 0 Å². The van der Waals surface area contributed by atoms with Gasteiger partial charge in [-0.25, -0.2) is 9.59 Å². The van der Waals surface area contributed by atoms with Gasteiger partial charge in [0.2, 0.25) is 0 Å². The fourth-order valence-electron chi connectivity index (χ4n) is 3.52. The number of benzene rings is 2. The van der Waals surface area contributed by atoms with Crippen LogP contribution in [0.1, 0.15) is 30.5 Å². The molecule has 3 rings (SSSR count). The van der Waals surface area contributed by atoms with E-state index in [0.717, 1.165) is 35.3 Å². The lowest BCUT2D eigenvalue weighted by Gasteiger charge is -2.21. The van der Waals surface area contributed by atoms with Crippen LogP contribution in [0.2, 0.25) is 0 Å². The molecule has 0 aliphatic heterocycles. The Bertz CT molecular complexity index is 1060. The summed E-state index contributed by atoms with van der Waals surface area (Å²) >= 11 is 0. The third-order valence-electron chi connectivity index (χ3n) is 5.26. The smallest absolute Gasteiger partial charge is 0.407 e. The zero-order valence-electron chi connectivity index (χ0n) is 17.7. The molecule has 0 radical (unpaired) electrons. The maximum atomic E-state index is 12.5. The number of carbonyl (C=O) groups excluding carboxylic acids is 1. The summed E-state index contributed by atoms with van der Waals surface area (Å²) < 4.78 is 10.8. The van der Waals surface area contributed by atoms with Gasteiger partial charge >= 0.3 is 11.7 Å². The number of hydrogen-bond acceptors (Lipinski definition) is 5. The third kappa shape index (κ3) is 5.00. The van der Waals surface area contributed by atoms with Crippen LogP contribution >= 0.6 is 0 Å². The van der Waals surface area contributed by atoms with E-state index in [4.69, 9.17) is 9.15 Å². The number of aryl methyl sites for hydroxylation is 1. The molecule has 1 aromatic heterocycles. The fourth-order valence-corrected chi connectivity index (χ4v) is 3.52. The minimum absolute atomic E-state index is 0.106. The summed E-state index contributed by atoms with van der Waals surface area (Å²) in [6.07, 6.45) is -0.203. The molecule has 158 valence electrons. The Labute approximate surface area is 176 Å². The molecule has 30 heavy (non-hydrogen) atoms. The van der Waals surface area contributed by atoms with Crippen molar-refractivity contribution in [2.75, 3.05) is 24.6 Å². The number of carbonyl (C=O) groups is 1. The highest BCUT2D eigenvalue weighted by atomic mass is 16.5. The molecule has 3 aromatic rings. The number of hydrogen-bond donors (Lipinski definition) is 1. The van der Waals surface area contributed by atoms with Gasteiger partial charge in [0.1, 0.15) is 5.58 Å². The van der Waals surface area contributed by atoms with Crippen molar-refractivity contribution in [3.8, 4) is 0 Å². The molecule has 1 heterocycles. The van der Waals surface area contributed by atoms with Gasteiger partial charge in [-0.3, -0.25) is 0 Å². The summed E-state index contributed by atoms with van der Waals surface area (Å²) in [6, 6.07) is 15.5. The van der Waals surface area contributed by atoms with Crippen molar-refractivity contribution in [3.05, 3.63) is 75.6 Å². The maximum Gasteiger partial charge on any atom is 0.407 e. The summed E-state index contributed by atoms with van der Waals surface area (Å²) in [6.45, 7) is 8.35. The number of nitrogens with one attached hydrogen (secondary N) is 1. The van der Waals surface area contributed by atoms with E-state index >= 15 is 0 Å². The van der Waals surface area contributed by atoms with Gasteiger partial charge in [-0.15, -0.1) is 0 Å². The third-order valence-corrected chi connectivity index (χ3v) is 5.26. The van der Waals surface area contributed by atoms with E-state index < -0.39 is 6.09 Å². The topological polar surface area (TPSA) is 71.8 Å². The molecule has 0 saturated carbocycles. The first-order valence-corrected chi connectivity index (χ1v) is 10.3. The zero-order valence-corrected chi connectivity index (χ0v) is 17.7. The molecule has 0 bridgehead atoms. The Morgan fingerprint density at radius 2 is 1.83 bits per heavy atom. The minimum atomic E-state index is -0.509. The Morgan fingerprint density at radius 3 is 2.53 bits per heavy atom. The van der Waals surface area contributed by atoms with Gasteiger partial charge < -0.3 is 19.4 Å². The molecule has 2 aromatic carbocycles. The van der Waals surface area contributed by atoms with Crippen molar-refractivity contribution < 1.29 is 13.9 Å². The van der Waals surface area contributed by atoms with Crippen molar-refractivity contribution in [2.24, 2.45) is 0 Å². The van der Waals surface area contributed by atoms with Crippen LogP contribution in [0.15, 0.2) is 57.7 Å². The molecular weight excluding hydrogens is 380 g/mol. The lowest BCUT2D eigenvalue weighted by atomic mass is 10.0. The number of fused-ring (bicyclic) bond motifs is 1. The predicted octanol–water partition coefficient (Wildman–Crippen LogP) is 4.42. The monoisotopic (exact) mass is 408 g/mol. The van der Waals surface area contributed by atoms with Gasteiger partial charge in [-0.1, -0.05) is 30.3 Å². The van der Waals surface area contributed by atoms with Gasteiger partial charge in [-0.05, 0) is 44.0 Å². The Balaban J connectivity index is 1.65. The summed E-state index contributed by atoms with van der Waals surface area (Å²) in [5.41, 5.74) is 3.61. The van der Waals surface area contributed by atoms with E-state index in [-0.39, 0.29) is 12.2 Å². The summed E-state index contributed by atoms with van der Waals surface area (Å²) in [5.74, 6) is 0. The van der Waals surface area contributed by atoms with Crippen molar-refractivity contribution >= 4 is 22.7 Å². The zero-order chi connectivity index (χ0) is 21.5. The highest BCUT2D eigenvalue weighted by Crippen LogP contribution is 2.25. The number of anilines is 1. The van der Waals surface area contributed by atoms with Crippen molar-refractivity contribution in [3.63, 3.8) is 0 Å². The normalized spacial score (nSPS) is 10.8. The van der Waals surface area contributed by atoms with Crippen LogP contribution < -0.4 is 15.8 Å². The number of alkyl carbamates (subject to hydrolysis) is 1. The second kappa shape index (κ2) is 9.96. The van der Waals surface area contributed by atoms with E-state index in [9.17, 15) is 9.59 Å². The molecule has 1 N–H and O–H groups in total.